The second-order valence-electron chi connectivity index (χ2n) is 8.09. The summed E-state index contributed by atoms with van der Waals surface area (Å²) in [5, 5.41) is 2.58. The van der Waals surface area contributed by atoms with Gasteiger partial charge < -0.3 is 20.7 Å². The maximum absolute atomic E-state index is 13.2. The van der Waals surface area contributed by atoms with Gasteiger partial charge in [0.05, 0.1) is 18.8 Å². The van der Waals surface area contributed by atoms with E-state index >= 15 is 0 Å². The van der Waals surface area contributed by atoms with E-state index < -0.39 is 11.7 Å². The molecule has 1 aliphatic rings. The molecule has 0 radical (unpaired) electrons. The smallest absolute Gasteiger partial charge is 0.408 e. The Labute approximate surface area is 192 Å². The summed E-state index contributed by atoms with van der Waals surface area (Å²) in [4.78, 5) is 30.9. The van der Waals surface area contributed by atoms with E-state index in [1.807, 2.05) is 31.2 Å². The van der Waals surface area contributed by atoms with Crippen molar-refractivity contribution in [3.05, 3.63) is 33.8 Å². The Morgan fingerprint density at radius 3 is 2.74 bits per heavy atom. The number of amides is 2. The van der Waals surface area contributed by atoms with Gasteiger partial charge in [-0.3, -0.25) is 4.79 Å². The maximum atomic E-state index is 13.2. The molecule has 1 aliphatic heterocycles. The molecule has 1 heterocycles. The van der Waals surface area contributed by atoms with Gasteiger partial charge in [-0.1, -0.05) is 40.8 Å². The minimum Gasteiger partial charge on any atom is -0.444 e. The van der Waals surface area contributed by atoms with Crippen molar-refractivity contribution in [2.24, 2.45) is 10.7 Å². The van der Waals surface area contributed by atoms with Crippen LogP contribution in [0, 0.1) is 11.8 Å². The third kappa shape index (κ3) is 8.10. The summed E-state index contributed by atoms with van der Waals surface area (Å²) in [6.07, 6.45) is 2.39. The highest BCUT2D eigenvalue weighted by Crippen LogP contribution is 2.29. The van der Waals surface area contributed by atoms with Crippen LogP contribution in [0.5, 0.6) is 0 Å². The normalized spacial score (nSPS) is 12.9. The molecule has 0 saturated carbocycles. The van der Waals surface area contributed by atoms with Crippen LogP contribution in [0.2, 0.25) is 0 Å². The summed E-state index contributed by atoms with van der Waals surface area (Å²) in [6.45, 7) is 8.35. The number of fused-ring (bicyclic) bond motifs is 1. The largest absolute Gasteiger partial charge is 0.444 e. The van der Waals surface area contributed by atoms with Crippen molar-refractivity contribution in [2.75, 3.05) is 19.6 Å². The number of hydrogen-bond donors (Lipinski definition) is 2. The van der Waals surface area contributed by atoms with Crippen molar-refractivity contribution in [2.45, 2.75) is 46.1 Å². The fraction of sp³-hybridized carbons (Fsp3) is 0.435. The second kappa shape index (κ2) is 11.0. The summed E-state index contributed by atoms with van der Waals surface area (Å²) in [5.74, 6) is 6.08. The first-order chi connectivity index (χ1) is 14.6. The average molecular weight is 489 g/mol. The number of rotatable bonds is 5. The predicted octanol–water partition coefficient (Wildman–Crippen LogP) is 3.99. The number of benzene rings is 1. The first kappa shape index (κ1) is 24.5. The van der Waals surface area contributed by atoms with E-state index in [2.05, 4.69) is 38.1 Å². The van der Waals surface area contributed by atoms with Gasteiger partial charge in [0.2, 0.25) is 0 Å². The van der Waals surface area contributed by atoms with Crippen molar-refractivity contribution >= 4 is 45.5 Å². The Bertz CT molecular complexity index is 952. The van der Waals surface area contributed by atoms with E-state index in [0.29, 0.717) is 18.0 Å². The molecule has 1 aromatic rings. The van der Waals surface area contributed by atoms with Crippen molar-refractivity contribution in [1.82, 2.24) is 10.2 Å². The van der Waals surface area contributed by atoms with Crippen molar-refractivity contribution < 1.29 is 14.3 Å². The first-order valence-corrected chi connectivity index (χ1v) is 10.9. The molecule has 7 nitrogen and oxygen atoms in total. The molecule has 2 rings (SSSR count). The molecule has 1 aromatic carbocycles. The number of aliphatic imine (C=N–C) groups is 1. The SMILES string of the molecule is CCCN(CC#CCNC(=O)OC(C)(C)C)C(=O)C1=Cc2ccc(Br)cc2N=C(N)C1. The molecule has 3 N–H and O–H groups in total. The number of ether oxygens (including phenoxy) is 1. The molecule has 2 amide bonds. The van der Waals surface area contributed by atoms with Gasteiger partial charge in [0.25, 0.3) is 5.91 Å². The highest BCUT2D eigenvalue weighted by molar-refractivity contribution is 9.10. The molecule has 0 bridgehead atoms. The van der Waals surface area contributed by atoms with E-state index in [-0.39, 0.29) is 25.4 Å². The van der Waals surface area contributed by atoms with Gasteiger partial charge in [-0.25, -0.2) is 9.79 Å². The number of nitrogens with zero attached hydrogens (tertiary/aromatic N) is 2. The van der Waals surface area contributed by atoms with Crippen LogP contribution in [-0.2, 0) is 9.53 Å². The van der Waals surface area contributed by atoms with E-state index in [1.165, 1.54) is 0 Å². The molecule has 0 aliphatic carbocycles. The Kier molecular flexibility index (Phi) is 8.69. The van der Waals surface area contributed by atoms with Gasteiger partial charge in [0, 0.05) is 28.6 Å². The Balaban J connectivity index is 2.06. The van der Waals surface area contributed by atoms with Crippen LogP contribution in [0.4, 0.5) is 10.5 Å². The van der Waals surface area contributed by atoms with Gasteiger partial charge in [0.15, 0.2) is 0 Å². The maximum Gasteiger partial charge on any atom is 0.408 e. The van der Waals surface area contributed by atoms with Crippen LogP contribution in [0.15, 0.2) is 33.2 Å². The van der Waals surface area contributed by atoms with E-state index in [9.17, 15) is 9.59 Å². The number of hydrogen-bond acceptors (Lipinski definition) is 5. The second-order valence-corrected chi connectivity index (χ2v) is 9.00. The lowest BCUT2D eigenvalue weighted by atomic mass is 10.1. The number of carbonyl (C=O) groups excluding carboxylic acids is 2. The lowest BCUT2D eigenvalue weighted by molar-refractivity contribution is -0.126. The summed E-state index contributed by atoms with van der Waals surface area (Å²) in [6, 6.07) is 5.68. The van der Waals surface area contributed by atoms with Crippen LogP contribution >= 0.6 is 15.9 Å². The zero-order chi connectivity index (χ0) is 23.0. The number of halogens is 1. The van der Waals surface area contributed by atoms with E-state index in [1.54, 1.807) is 25.7 Å². The highest BCUT2D eigenvalue weighted by atomic mass is 79.9. The Morgan fingerprint density at radius 1 is 1.32 bits per heavy atom. The quantitative estimate of drug-likeness (QED) is 0.612. The number of alkyl carbamates (subject to hydrolysis) is 1. The van der Waals surface area contributed by atoms with Crippen LogP contribution in [0.25, 0.3) is 6.08 Å². The molecule has 8 heteroatoms. The third-order valence-electron chi connectivity index (χ3n) is 4.13. The Morgan fingerprint density at radius 2 is 2.06 bits per heavy atom. The van der Waals surface area contributed by atoms with Gasteiger partial charge in [0.1, 0.15) is 11.4 Å². The first-order valence-electron chi connectivity index (χ1n) is 10.1. The van der Waals surface area contributed by atoms with Crippen molar-refractivity contribution in [3.63, 3.8) is 0 Å². The van der Waals surface area contributed by atoms with Crippen molar-refractivity contribution in [1.29, 1.82) is 0 Å². The monoisotopic (exact) mass is 488 g/mol. The molecule has 0 aromatic heterocycles. The van der Waals surface area contributed by atoms with Gasteiger partial charge in [-0.2, -0.15) is 0 Å². The molecule has 31 heavy (non-hydrogen) atoms. The van der Waals surface area contributed by atoms with Crippen molar-refractivity contribution in [3.8, 4) is 11.8 Å². The lowest BCUT2D eigenvalue weighted by Gasteiger charge is -2.21. The Hall–Kier alpha value is -2.79. The molecular formula is C23H29BrN4O3. The molecule has 166 valence electrons. The zero-order valence-electron chi connectivity index (χ0n) is 18.4. The highest BCUT2D eigenvalue weighted by Gasteiger charge is 2.21. The molecule has 0 saturated heterocycles. The predicted molar refractivity (Wildman–Crippen MR) is 127 cm³/mol. The fourth-order valence-corrected chi connectivity index (χ4v) is 3.22. The third-order valence-corrected chi connectivity index (χ3v) is 4.62. The number of nitrogens with two attached hydrogens (primary N) is 1. The number of nitrogens with one attached hydrogen (secondary N) is 1. The fourth-order valence-electron chi connectivity index (χ4n) is 2.87. The van der Waals surface area contributed by atoms with Crippen LogP contribution in [-0.4, -0.2) is 48.0 Å². The van der Waals surface area contributed by atoms with Gasteiger partial charge >= 0.3 is 6.09 Å². The van der Waals surface area contributed by atoms with Crippen LogP contribution in [0.1, 0.15) is 46.1 Å². The van der Waals surface area contributed by atoms with E-state index in [0.717, 1.165) is 22.1 Å². The number of carbonyl (C=O) groups is 2. The van der Waals surface area contributed by atoms with Crippen LogP contribution < -0.4 is 11.1 Å². The van der Waals surface area contributed by atoms with Crippen LogP contribution in [0.3, 0.4) is 0 Å². The molecule has 0 atom stereocenters. The minimum atomic E-state index is -0.561. The standard InChI is InChI=1S/C23H29BrN4O3/c1-5-11-28(12-7-6-10-26-22(30)31-23(2,3)4)21(29)17-13-16-8-9-18(24)15-19(16)27-20(25)14-17/h8-9,13,15H,5,10-12,14H2,1-4H3,(H2,25,27)(H,26,30). The summed E-state index contributed by atoms with van der Waals surface area (Å²) >= 11 is 3.43. The number of amidine groups is 1. The summed E-state index contributed by atoms with van der Waals surface area (Å²) in [5.41, 5.74) is 7.64. The van der Waals surface area contributed by atoms with E-state index in [4.69, 9.17) is 10.5 Å². The topological polar surface area (TPSA) is 97.0 Å². The molecule has 0 unspecified atom stereocenters. The van der Waals surface area contributed by atoms with Gasteiger partial charge in [-0.15, -0.1) is 0 Å². The van der Waals surface area contributed by atoms with Gasteiger partial charge in [-0.05, 0) is 45.4 Å². The summed E-state index contributed by atoms with van der Waals surface area (Å²) < 4.78 is 6.06. The minimum absolute atomic E-state index is 0.120. The summed E-state index contributed by atoms with van der Waals surface area (Å²) in [7, 11) is 0. The molecule has 0 fully saturated rings. The lowest BCUT2D eigenvalue weighted by Crippen LogP contribution is -2.34. The average Bonchev–Trinajstić information content (AvgIpc) is 2.82. The molecule has 0 spiro atoms. The molecular weight excluding hydrogens is 460 g/mol. The zero-order valence-corrected chi connectivity index (χ0v) is 20.0.